The van der Waals surface area contributed by atoms with E-state index in [2.05, 4.69) is 4.98 Å². The molecule has 0 aliphatic rings. The van der Waals surface area contributed by atoms with Crippen LogP contribution in [0.15, 0.2) is 42.7 Å². The molecule has 0 bridgehead atoms. The van der Waals surface area contributed by atoms with Crippen LogP contribution in [-0.4, -0.2) is 9.88 Å². The Morgan fingerprint density at radius 2 is 2.00 bits per heavy atom. The Bertz CT molecular complexity index is 507. The van der Waals surface area contributed by atoms with Gasteiger partial charge in [-0.3, -0.25) is 4.57 Å². The quantitative estimate of drug-likeness (QED) is 0.558. The maximum atomic E-state index is 12.2. The van der Waals surface area contributed by atoms with Gasteiger partial charge in [0.25, 0.3) is 0 Å². The molecule has 1 aromatic carbocycles. The molecular weight excluding hydrogens is 211 g/mol. The molecule has 0 fully saturated rings. The highest BCUT2D eigenvalue weighted by molar-refractivity contribution is 7.72. The van der Waals surface area contributed by atoms with Gasteiger partial charge >= 0.3 is 12.9 Å². The molecule has 4 nitrogen and oxygen atoms in total. The van der Waals surface area contributed by atoms with Crippen LogP contribution < -0.4 is 15.4 Å². The summed E-state index contributed by atoms with van der Waals surface area (Å²) in [5, 5.41) is 0.433. The Balaban J connectivity index is 2.54. The molecule has 0 radical (unpaired) electrons. The van der Waals surface area contributed by atoms with Gasteiger partial charge in [-0.15, -0.1) is 0 Å². The molecule has 1 atom stereocenters. The van der Waals surface area contributed by atoms with Crippen molar-refractivity contribution in [3.8, 4) is 0 Å². The van der Waals surface area contributed by atoms with Crippen molar-refractivity contribution in [2.45, 2.75) is 0 Å². The Morgan fingerprint density at radius 1 is 1.33 bits per heavy atom. The van der Waals surface area contributed by atoms with Crippen molar-refractivity contribution >= 4 is 18.2 Å². The van der Waals surface area contributed by atoms with E-state index in [1.165, 1.54) is 0 Å². The van der Waals surface area contributed by atoms with Crippen LogP contribution in [0.2, 0.25) is 0 Å². The van der Waals surface area contributed by atoms with E-state index >= 15 is 0 Å². The van der Waals surface area contributed by atoms with E-state index < -0.39 is 7.37 Å². The predicted molar refractivity (Wildman–Crippen MR) is 57.5 cm³/mol. The Labute approximate surface area is 87.7 Å². The SMILES string of the molecule is C[n+]1cc[nH]c1P(=O)(O)c1ccccc1. The molecule has 0 amide bonds. The number of benzene rings is 1. The summed E-state index contributed by atoms with van der Waals surface area (Å²) in [6, 6.07) is 8.63. The summed E-state index contributed by atoms with van der Waals surface area (Å²) in [5.74, 6) is 0. The molecule has 1 unspecified atom stereocenters. The number of aromatic nitrogens is 2. The summed E-state index contributed by atoms with van der Waals surface area (Å²) in [4.78, 5) is 12.8. The fourth-order valence-corrected chi connectivity index (χ4v) is 3.01. The van der Waals surface area contributed by atoms with Gasteiger partial charge in [0.2, 0.25) is 0 Å². The average Bonchev–Trinajstić information content (AvgIpc) is 2.66. The lowest BCUT2D eigenvalue weighted by Crippen LogP contribution is -2.44. The van der Waals surface area contributed by atoms with Gasteiger partial charge in [0.15, 0.2) is 0 Å². The molecule has 0 saturated heterocycles. The summed E-state index contributed by atoms with van der Waals surface area (Å²) in [5.41, 5.74) is 0.328. The maximum absolute atomic E-state index is 12.2. The first-order valence-electron chi connectivity index (χ1n) is 4.54. The molecule has 2 rings (SSSR count). The van der Waals surface area contributed by atoms with Crippen LogP contribution in [0.5, 0.6) is 0 Å². The zero-order valence-corrected chi connectivity index (χ0v) is 9.19. The van der Waals surface area contributed by atoms with E-state index in [0.29, 0.717) is 10.9 Å². The third-order valence-electron chi connectivity index (χ3n) is 2.24. The molecule has 78 valence electrons. The Kier molecular flexibility index (Phi) is 2.47. The number of hydrogen-bond donors (Lipinski definition) is 2. The zero-order chi connectivity index (χ0) is 10.9. The minimum atomic E-state index is -3.48. The molecule has 1 heterocycles. The van der Waals surface area contributed by atoms with Gasteiger partial charge in [0.05, 0.1) is 7.05 Å². The van der Waals surface area contributed by atoms with Gasteiger partial charge < -0.3 is 4.89 Å². The van der Waals surface area contributed by atoms with Crippen molar-refractivity contribution in [1.82, 2.24) is 4.98 Å². The van der Waals surface area contributed by atoms with Crippen LogP contribution in [0, 0.1) is 0 Å². The lowest BCUT2D eigenvalue weighted by atomic mass is 10.4. The van der Waals surface area contributed by atoms with Gasteiger partial charge in [-0.2, -0.15) is 0 Å². The number of imidazole rings is 1. The van der Waals surface area contributed by atoms with Crippen molar-refractivity contribution in [2.24, 2.45) is 7.05 Å². The molecule has 1 aromatic heterocycles. The first-order valence-corrected chi connectivity index (χ1v) is 6.20. The van der Waals surface area contributed by atoms with Crippen LogP contribution in [0.1, 0.15) is 0 Å². The van der Waals surface area contributed by atoms with E-state index in [1.54, 1.807) is 48.3 Å². The number of hydrogen-bond acceptors (Lipinski definition) is 1. The van der Waals surface area contributed by atoms with E-state index in [1.807, 2.05) is 6.07 Å². The van der Waals surface area contributed by atoms with E-state index in [9.17, 15) is 9.46 Å². The molecular formula is C10H12N2O2P+. The van der Waals surface area contributed by atoms with Crippen LogP contribution >= 0.6 is 7.37 Å². The highest BCUT2D eigenvalue weighted by atomic mass is 31.2. The second kappa shape index (κ2) is 3.65. The minimum Gasteiger partial charge on any atom is -0.333 e. The number of aryl methyl sites for hydroxylation is 1. The normalized spacial score (nSPS) is 14.8. The number of nitrogens with zero attached hydrogens (tertiary/aromatic N) is 1. The first kappa shape index (κ1) is 10.1. The fraction of sp³-hybridized carbons (Fsp3) is 0.100. The lowest BCUT2D eigenvalue weighted by Gasteiger charge is -2.06. The molecule has 5 heteroatoms. The van der Waals surface area contributed by atoms with Gasteiger partial charge in [0, 0.05) is 5.30 Å². The molecule has 15 heavy (non-hydrogen) atoms. The van der Waals surface area contributed by atoms with Gasteiger partial charge in [0.1, 0.15) is 12.4 Å². The number of nitrogens with one attached hydrogen (secondary N) is 1. The van der Waals surface area contributed by atoms with E-state index in [0.717, 1.165) is 0 Å². The van der Waals surface area contributed by atoms with E-state index in [4.69, 9.17) is 0 Å². The van der Waals surface area contributed by atoms with Crippen LogP contribution in [0.25, 0.3) is 0 Å². The standard InChI is InChI=1S/C10H11N2O2P/c1-12-8-7-11-10(12)15(13,14)9-5-3-2-4-6-9/h2-8H,1H3,(H,13,14)/p+1. The largest absolute Gasteiger partial charge is 0.344 e. The van der Waals surface area contributed by atoms with Gasteiger partial charge in [-0.05, 0) is 12.1 Å². The van der Waals surface area contributed by atoms with Gasteiger partial charge in [-0.25, -0.2) is 9.55 Å². The average molecular weight is 223 g/mol. The first-order chi connectivity index (χ1) is 7.12. The zero-order valence-electron chi connectivity index (χ0n) is 8.29. The second-order valence-electron chi connectivity index (χ2n) is 3.31. The molecule has 0 aliphatic carbocycles. The third-order valence-corrected chi connectivity index (χ3v) is 4.25. The minimum absolute atomic E-state index is 0.328. The van der Waals surface area contributed by atoms with Crippen LogP contribution in [0.4, 0.5) is 0 Å². The lowest BCUT2D eigenvalue weighted by molar-refractivity contribution is -0.652. The molecule has 0 saturated carbocycles. The highest BCUT2D eigenvalue weighted by Gasteiger charge is 2.33. The van der Waals surface area contributed by atoms with Crippen molar-refractivity contribution < 1.29 is 14.0 Å². The predicted octanol–water partition coefficient (Wildman–Crippen LogP) is 0.0604. The summed E-state index contributed by atoms with van der Waals surface area (Å²) < 4.78 is 13.8. The fourth-order valence-electron chi connectivity index (χ4n) is 1.45. The monoisotopic (exact) mass is 223 g/mol. The molecule has 2 N–H and O–H groups in total. The van der Waals surface area contributed by atoms with Crippen molar-refractivity contribution in [2.75, 3.05) is 0 Å². The second-order valence-corrected chi connectivity index (χ2v) is 5.40. The maximum Gasteiger partial charge on any atom is 0.344 e. The van der Waals surface area contributed by atoms with Crippen molar-refractivity contribution in [3.63, 3.8) is 0 Å². The topological polar surface area (TPSA) is 57.0 Å². The summed E-state index contributed by atoms with van der Waals surface area (Å²) in [7, 11) is -1.75. The summed E-state index contributed by atoms with van der Waals surface area (Å²) >= 11 is 0. The van der Waals surface area contributed by atoms with Gasteiger partial charge in [-0.1, -0.05) is 18.2 Å². The van der Waals surface area contributed by atoms with Crippen molar-refractivity contribution in [1.29, 1.82) is 0 Å². The van der Waals surface area contributed by atoms with Crippen LogP contribution in [0.3, 0.4) is 0 Å². The Hall–Kier alpha value is -1.38. The van der Waals surface area contributed by atoms with Crippen LogP contribution in [-0.2, 0) is 11.6 Å². The van der Waals surface area contributed by atoms with E-state index in [-0.39, 0.29) is 0 Å². The smallest absolute Gasteiger partial charge is 0.333 e. The number of aromatic amines is 1. The number of rotatable bonds is 2. The molecule has 0 spiro atoms. The Morgan fingerprint density at radius 3 is 2.53 bits per heavy atom. The summed E-state index contributed by atoms with van der Waals surface area (Å²) in [6.07, 6.45) is 3.35. The molecule has 0 aliphatic heterocycles. The number of H-pyrrole nitrogens is 1. The summed E-state index contributed by atoms with van der Waals surface area (Å²) in [6.45, 7) is 0. The highest BCUT2D eigenvalue weighted by Crippen LogP contribution is 2.35. The molecule has 2 aromatic rings. The van der Waals surface area contributed by atoms with Crippen molar-refractivity contribution in [3.05, 3.63) is 42.7 Å². The third kappa shape index (κ3) is 1.74.